The predicted molar refractivity (Wildman–Crippen MR) is 157 cm³/mol. The zero-order chi connectivity index (χ0) is 29.4. The van der Waals surface area contributed by atoms with Crippen LogP contribution >= 0.6 is 0 Å². The Morgan fingerprint density at radius 2 is 1.69 bits per heavy atom. The van der Waals surface area contributed by atoms with Gasteiger partial charge in [0.2, 0.25) is 0 Å². The first kappa shape index (κ1) is 27.4. The molecule has 0 amide bonds. The van der Waals surface area contributed by atoms with Gasteiger partial charge >= 0.3 is 5.97 Å². The number of piperazine rings is 1. The minimum absolute atomic E-state index is 0.0656. The number of carbonyl (C=O) groups is 1. The van der Waals surface area contributed by atoms with Gasteiger partial charge in [-0.05, 0) is 51.9 Å². The van der Waals surface area contributed by atoms with Crippen molar-refractivity contribution in [1.29, 1.82) is 0 Å². The smallest absolute Gasteiger partial charge is 0.343 e. The topological polar surface area (TPSA) is 95.4 Å². The lowest BCUT2D eigenvalue weighted by Gasteiger charge is -2.40. The van der Waals surface area contributed by atoms with Gasteiger partial charge in [0.25, 0.3) is 5.56 Å². The number of pyridine rings is 2. The molecule has 0 unspecified atom stereocenters. The minimum atomic E-state index is -1.37. The molecule has 1 atom stereocenters. The first-order chi connectivity index (χ1) is 20.1. The summed E-state index contributed by atoms with van der Waals surface area (Å²) in [5.74, 6) is 0.945. The average Bonchev–Trinajstić information content (AvgIpc) is 3.33. The molecule has 0 saturated carbocycles. The van der Waals surface area contributed by atoms with Gasteiger partial charge in [0.1, 0.15) is 19.8 Å². The number of cyclic esters (lactones) is 1. The summed E-state index contributed by atoms with van der Waals surface area (Å²) in [5, 5.41) is 1.01. The summed E-state index contributed by atoms with van der Waals surface area (Å²) in [4.78, 5) is 37.4. The number of rotatable bonds is 4. The predicted octanol–water partition coefficient (Wildman–Crippen LogP) is 3.42. The van der Waals surface area contributed by atoms with Gasteiger partial charge in [-0.2, -0.15) is 0 Å². The van der Waals surface area contributed by atoms with Crippen LogP contribution in [0.2, 0.25) is 0 Å². The molecule has 7 rings (SSSR count). The van der Waals surface area contributed by atoms with Crippen molar-refractivity contribution < 1.29 is 23.7 Å². The largest absolute Gasteiger partial charge is 0.486 e. The monoisotopic (exact) mass is 574 g/mol. The molecule has 0 radical (unpaired) electrons. The molecule has 222 valence electrons. The van der Waals surface area contributed by atoms with Crippen molar-refractivity contribution in [1.82, 2.24) is 19.4 Å². The lowest BCUT2D eigenvalue weighted by atomic mass is 9.84. The number of fused-ring (bicyclic) bond motifs is 6. The van der Waals surface area contributed by atoms with Gasteiger partial charge < -0.3 is 28.4 Å². The molecule has 2 aromatic heterocycles. The lowest BCUT2D eigenvalue weighted by Crippen LogP contribution is -2.49. The number of hydrogen-bond acceptors (Lipinski definition) is 9. The van der Waals surface area contributed by atoms with Gasteiger partial charge in [-0.1, -0.05) is 6.92 Å². The third-order valence-corrected chi connectivity index (χ3v) is 8.90. The van der Waals surface area contributed by atoms with Gasteiger partial charge in [0.05, 0.1) is 34.6 Å². The molecule has 42 heavy (non-hydrogen) atoms. The second-order valence-corrected chi connectivity index (χ2v) is 12.8. The van der Waals surface area contributed by atoms with E-state index in [1.165, 1.54) is 0 Å². The molecule has 0 aliphatic carbocycles. The molecule has 4 aliphatic rings. The number of benzene rings is 1. The Labute approximate surface area is 245 Å². The van der Waals surface area contributed by atoms with E-state index in [0.29, 0.717) is 48.7 Å². The van der Waals surface area contributed by atoms with E-state index in [1.807, 2.05) is 45.9 Å². The van der Waals surface area contributed by atoms with Crippen LogP contribution in [0.15, 0.2) is 23.0 Å². The zero-order valence-electron chi connectivity index (χ0n) is 25.0. The highest BCUT2D eigenvalue weighted by molar-refractivity contribution is 5.91. The van der Waals surface area contributed by atoms with Crippen LogP contribution < -0.4 is 15.0 Å². The number of ether oxygens (including phenoxy) is 4. The summed E-state index contributed by atoms with van der Waals surface area (Å²) in [6, 6.07) is 5.95. The summed E-state index contributed by atoms with van der Waals surface area (Å²) < 4.78 is 25.7. The Bertz CT molecular complexity index is 1670. The molecule has 1 aromatic carbocycles. The third-order valence-electron chi connectivity index (χ3n) is 8.90. The lowest BCUT2D eigenvalue weighted by molar-refractivity contribution is -0.200. The first-order valence-corrected chi connectivity index (χ1v) is 14.9. The standard InChI is InChI=1S/C32H38N4O6/c1-6-32(42-31(2,3)4)23-14-25-28-21(17-36(25)29(37)22(23)18-41-30(32)38)20(16-35-9-7-34(5)8-10-35)19-13-26-27(15-24(19)33-28)40-12-11-39-26/h13-15H,6-12,16-18H2,1-5H3/t32-/m0/s1. The molecule has 4 aliphatic heterocycles. The van der Waals surface area contributed by atoms with E-state index >= 15 is 0 Å². The maximum absolute atomic E-state index is 14.1. The molecule has 1 saturated heterocycles. The Balaban J connectivity index is 1.44. The molecular weight excluding hydrogens is 536 g/mol. The summed E-state index contributed by atoms with van der Waals surface area (Å²) in [6.07, 6.45) is 0.342. The highest BCUT2D eigenvalue weighted by Crippen LogP contribution is 2.45. The minimum Gasteiger partial charge on any atom is -0.486 e. The maximum atomic E-state index is 14.1. The van der Waals surface area contributed by atoms with Crippen molar-refractivity contribution in [2.24, 2.45) is 0 Å². The number of nitrogens with zero attached hydrogens (tertiary/aromatic N) is 4. The third kappa shape index (κ3) is 4.30. The highest BCUT2D eigenvalue weighted by Gasteiger charge is 2.50. The Morgan fingerprint density at radius 1 is 0.976 bits per heavy atom. The van der Waals surface area contributed by atoms with Crippen LogP contribution in [0.4, 0.5) is 0 Å². The molecule has 0 bridgehead atoms. The van der Waals surface area contributed by atoms with Crippen LogP contribution in [-0.4, -0.2) is 77.4 Å². The van der Waals surface area contributed by atoms with Gasteiger partial charge in [0.15, 0.2) is 17.1 Å². The summed E-state index contributed by atoms with van der Waals surface area (Å²) >= 11 is 0. The van der Waals surface area contributed by atoms with E-state index in [4.69, 9.17) is 23.9 Å². The molecular formula is C32H38N4O6. The summed E-state index contributed by atoms with van der Waals surface area (Å²) in [7, 11) is 2.15. The van der Waals surface area contributed by atoms with Gasteiger partial charge in [0, 0.05) is 55.3 Å². The van der Waals surface area contributed by atoms with Crippen LogP contribution in [0.1, 0.15) is 56.4 Å². The van der Waals surface area contributed by atoms with Crippen molar-refractivity contribution in [2.45, 2.75) is 65.0 Å². The molecule has 3 aromatic rings. The van der Waals surface area contributed by atoms with Crippen LogP contribution in [0.5, 0.6) is 11.5 Å². The normalized spacial score (nSPS) is 22.1. The van der Waals surface area contributed by atoms with E-state index in [9.17, 15) is 9.59 Å². The number of hydrogen-bond donors (Lipinski definition) is 0. The fourth-order valence-corrected chi connectivity index (χ4v) is 6.79. The number of aromatic nitrogens is 2. The highest BCUT2D eigenvalue weighted by atomic mass is 16.6. The van der Waals surface area contributed by atoms with Crippen molar-refractivity contribution in [3.05, 3.63) is 50.8 Å². The first-order valence-electron chi connectivity index (χ1n) is 14.9. The van der Waals surface area contributed by atoms with Crippen molar-refractivity contribution in [3.8, 4) is 22.9 Å². The van der Waals surface area contributed by atoms with E-state index in [-0.39, 0.29) is 12.2 Å². The average molecular weight is 575 g/mol. The summed E-state index contributed by atoms with van der Waals surface area (Å²) in [6.45, 7) is 13.6. The zero-order valence-corrected chi connectivity index (χ0v) is 25.0. The summed E-state index contributed by atoms with van der Waals surface area (Å²) in [5.41, 5.74) is 3.34. The maximum Gasteiger partial charge on any atom is 0.343 e. The molecule has 0 spiro atoms. The fraction of sp³-hybridized carbons (Fsp3) is 0.531. The number of esters is 1. The van der Waals surface area contributed by atoms with E-state index in [2.05, 4.69) is 16.8 Å². The van der Waals surface area contributed by atoms with Crippen molar-refractivity contribution in [3.63, 3.8) is 0 Å². The van der Waals surface area contributed by atoms with Crippen molar-refractivity contribution >= 4 is 16.9 Å². The molecule has 1 fully saturated rings. The quantitative estimate of drug-likeness (QED) is 0.340. The van der Waals surface area contributed by atoms with E-state index in [1.54, 1.807) is 4.57 Å². The molecule has 10 nitrogen and oxygen atoms in total. The van der Waals surface area contributed by atoms with Gasteiger partial charge in [-0.25, -0.2) is 9.78 Å². The second kappa shape index (κ2) is 9.79. The van der Waals surface area contributed by atoms with Crippen LogP contribution in [-0.2, 0) is 39.6 Å². The second-order valence-electron chi connectivity index (χ2n) is 12.8. The van der Waals surface area contributed by atoms with E-state index < -0.39 is 17.2 Å². The Morgan fingerprint density at radius 3 is 2.38 bits per heavy atom. The Hall–Kier alpha value is -3.47. The Kier molecular flexibility index (Phi) is 6.38. The molecule has 6 heterocycles. The molecule has 10 heteroatoms. The van der Waals surface area contributed by atoms with Gasteiger partial charge in [-0.15, -0.1) is 0 Å². The fourth-order valence-electron chi connectivity index (χ4n) is 6.79. The molecule has 0 N–H and O–H groups in total. The van der Waals surface area contributed by atoms with Crippen LogP contribution in [0.3, 0.4) is 0 Å². The number of likely N-dealkylation sites (N-methyl/N-ethyl adjacent to an activating group) is 1. The van der Waals surface area contributed by atoms with E-state index in [0.717, 1.165) is 66.2 Å². The van der Waals surface area contributed by atoms with Gasteiger partial charge in [-0.3, -0.25) is 9.69 Å². The van der Waals surface area contributed by atoms with Crippen LogP contribution in [0, 0.1) is 0 Å². The SMILES string of the molecule is CC[C@@]1(OC(C)(C)C)C(=O)OCc2c1cc1n(c2=O)Cc2c-1nc1cc3c(cc1c2CN1CCN(C)CC1)OCCO3. The van der Waals surface area contributed by atoms with Crippen LogP contribution in [0.25, 0.3) is 22.3 Å². The number of carbonyl (C=O) groups excluding carboxylic acids is 1. The van der Waals surface area contributed by atoms with Crippen molar-refractivity contribution in [2.75, 3.05) is 46.4 Å².